The first-order valence-corrected chi connectivity index (χ1v) is 9.50. The van der Waals surface area contributed by atoms with Gasteiger partial charge in [-0.2, -0.15) is 5.10 Å². The highest BCUT2D eigenvalue weighted by Crippen LogP contribution is 2.26. The molecule has 0 bridgehead atoms. The Morgan fingerprint density at radius 3 is 2.54 bits per heavy atom. The third-order valence-corrected chi connectivity index (χ3v) is 4.97. The topological polar surface area (TPSA) is 37.3 Å². The summed E-state index contributed by atoms with van der Waals surface area (Å²) in [6.07, 6.45) is 0.819. The minimum Gasteiger partial charge on any atom is -0.252 e. The van der Waals surface area contributed by atoms with Crippen LogP contribution in [0.15, 0.2) is 63.5 Å². The van der Waals surface area contributed by atoms with Crippen LogP contribution in [-0.2, 0) is 0 Å². The lowest BCUT2D eigenvalue weighted by atomic mass is 10.1. The van der Waals surface area contributed by atoms with Gasteiger partial charge in [-0.15, -0.1) is 11.3 Å². The Balaban J connectivity index is 1.76. The number of hydrazone groups is 1. The summed E-state index contributed by atoms with van der Waals surface area (Å²) in [6, 6.07) is 15.8. The average molecular weight is 421 g/mol. The molecule has 0 saturated carbocycles. The minimum atomic E-state index is 0.723. The maximum Gasteiger partial charge on any atom is 0.203 e. The van der Waals surface area contributed by atoms with E-state index < -0.39 is 0 Å². The van der Waals surface area contributed by atoms with E-state index in [4.69, 9.17) is 11.6 Å². The van der Waals surface area contributed by atoms with Crippen molar-refractivity contribution < 1.29 is 0 Å². The van der Waals surface area contributed by atoms with Gasteiger partial charge in [0.25, 0.3) is 0 Å². The molecule has 24 heavy (non-hydrogen) atoms. The van der Waals surface area contributed by atoms with Crippen molar-refractivity contribution in [3.05, 3.63) is 69.0 Å². The third-order valence-electron chi connectivity index (χ3n) is 3.44. The summed E-state index contributed by atoms with van der Waals surface area (Å²) in [4.78, 5) is 4.59. The first-order valence-electron chi connectivity index (χ1n) is 7.45. The first kappa shape index (κ1) is 17.1. The fraction of sp³-hybridized carbons (Fsp3) is 0.111. The van der Waals surface area contributed by atoms with Gasteiger partial charge in [0.15, 0.2) is 0 Å². The van der Waals surface area contributed by atoms with Crippen LogP contribution in [0.2, 0.25) is 5.02 Å². The number of benzene rings is 2. The number of aromatic nitrogens is 1. The Morgan fingerprint density at radius 1 is 1.17 bits per heavy atom. The zero-order chi connectivity index (χ0) is 16.9. The maximum atomic E-state index is 5.94. The highest BCUT2D eigenvalue weighted by atomic mass is 79.9. The molecule has 6 heteroatoms. The van der Waals surface area contributed by atoms with Gasteiger partial charge in [-0.25, -0.2) is 4.98 Å². The lowest BCUT2D eigenvalue weighted by Crippen LogP contribution is -2.02. The fourth-order valence-corrected chi connectivity index (χ4v) is 3.24. The Morgan fingerprint density at radius 2 is 1.88 bits per heavy atom. The molecule has 0 aliphatic carbocycles. The van der Waals surface area contributed by atoms with Gasteiger partial charge < -0.3 is 0 Å². The molecule has 0 radical (unpaired) electrons. The van der Waals surface area contributed by atoms with Gasteiger partial charge in [-0.05, 0) is 36.2 Å². The average Bonchev–Trinajstić information content (AvgIpc) is 3.06. The SMILES string of the molecule is CC/C(=N\Nc1nc(-c2ccc(Br)cc2)cs1)c1ccc(Cl)cc1. The number of halogens is 2. The highest BCUT2D eigenvalue weighted by Gasteiger charge is 2.05. The van der Waals surface area contributed by atoms with E-state index in [0.29, 0.717) is 0 Å². The van der Waals surface area contributed by atoms with E-state index in [9.17, 15) is 0 Å². The molecule has 0 unspecified atom stereocenters. The lowest BCUT2D eigenvalue weighted by molar-refractivity contribution is 1.21. The summed E-state index contributed by atoms with van der Waals surface area (Å²) in [7, 11) is 0. The minimum absolute atomic E-state index is 0.723. The van der Waals surface area contributed by atoms with E-state index in [1.54, 1.807) is 0 Å². The van der Waals surface area contributed by atoms with Crippen LogP contribution in [0.25, 0.3) is 11.3 Å². The van der Waals surface area contributed by atoms with Crippen molar-refractivity contribution in [2.24, 2.45) is 5.10 Å². The van der Waals surface area contributed by atoms with Crippen LogP contribution in [0.4, 0.5) is 5.13 Å². The Bertz CT molecular complexity index is 841. The molecule has 3 rings (SSSR count). The molecule has 1 N–H and O–H groups in total. The van der Waals surface area contributed by atoms with Crippen LogP contribution < -0.4 is 5.43 Å². The van der Waals surface area contributed by atoms with Gasteiger partial charge in [-0.3, -0.25) is 5.43 Å². The summed E-state index contributed by atoms with van der Waals surface area (Å²) in [5.41, 5.74) is 7.11. The van der Waals surface area contributed by atoms with Crippen molar-refractivity contribution in [2.75, 3.05) is 5.43 Å². The molecule has 122 valence electrons. The highest BCUT2D eigenvalue weighted by molar-refractivity contribution is 9.10. The summed E-state index contributed by atoms with van der Waals surface area (Å²) in [5, 5.41) is 8.01. The van der Waals surface area contributed by atoms with Crippen LogP contribution in [0.1, 0.15) is 18.9 Å². The Kier molecular flexibility index (Phi) is 5.66. The van der Waals surface area contributed by atoms with E-state index in [0.717, 1.165) is 43.6 Å². The number of rotatable bonds is 5. The largest absolute Gasteiger partial charge is 0.252 e. The first-order chi connectivity index (χ1) is 11.7. The molecule has 1 aromatic heterocycles. The van der Waals surface area contributed by atoms with E-state index in [2.05, 4.69) is 38.4 Å². The van der Waals surface area contributed by atoms with Gasteiger partial charge in [0.2, 0.25) is 5.13 Å². The number of nitrogens with one attached hydrogen (secondary N) is 1. The van der Waals surface area contributed by atoms with Crippen LogP contribution in [0.3, 0.4) is 0 Å². The summed E-state index contributed by atoms with van der Waals surface area (Å²) in [6.45, 7) is 2.07. The molecule has 0 spiro atoms. The zero-order valence-electron chi connectivity index (χ0n) is 13.0. The molecule has 0 atom stereocenters. The maximum absolute atomic E-state index is 5.94. The van der Waals surface area contributed by atoms with Crippen LogP contribution >= 0.6 is 38.9 Å². The molecule has 0 aliphatic heterocycles. The molecule has 3 nitrogen and oxygen atoms in total. The lowest BCUT2D eigenvalue weighted by Gasteiger charge is -2.04. The zero-order valence-corrected chi connectivity index (χ0v) is 16.1. The van der Waals surface area contributed by atoms with Crippen LogP contribution in [-0.4, -0.2) is 10.7 Å². The Hall–Kier alpha value is -1.69. The summed E-state index contributed by atoms with van der Waals surface area (Å²) in [5.74, 6) is 0. The summed E-state index contributed by atoms with van der Waals surface area (Å²) >= 11 is 10.9. The van der Waals surface area contributed by atoms with E-state index >= 15 is 0 Å². The van der Waals surface area contributed by atoms with Gasteiger partial charge in [0.05, 0.1) is 11.4 Å². The second-order valence-electron chi connectivity index (χ2n) is 5.08. The molecule has 1 heterocycles. The van der Waals surface area contributed by atoms with Gasteiger partial charge >= 0.3 is 0 Å². The van der Waals surface area contributed by atoms with Crippen LogP contribution in [0.5, 0.6) is 0 Å². The van der Waals surface area contributed by atoms with Crippen molar-refractivity contribution in [3.8, 4) is 11.3 Å². The third kappa shape index (κ3) is 4.23. The second kappa shape index (κ2) is 7.92. The van der Waals surface area contributed by atoms with E-state index in [1.807, 2.05) is 53.9 Å². The van der Waals surface area contributed by atoms with E-state index in [1.165, 1.54) is 11.3 Å². The molecule has 0 fully saturated rings. The van der Waals surface area contributed by atoms with Crippen molar-refractivity contribution in [2.45, 2.75) is 13.3 Å². The number of anilines is 1. The fourth-order valence-electron chi connectivity index (χ4n) is 2.18. The predicted molar refractivity (Wildman–Crippen MR) is 107 cm³/mol. The van der Waals surface area contributed by atoms with Crippen LogP contribution in [0, 0.1) is 0 Å². The van der Waals surface area contributed by atoms with Crippen molar-refractivity contribution >= 4 is 49.7 Å². The molecule has 0 aliphatic rings. The second-order valence-corrected chi connectivity index (χ2v) is 7.29. The van der Waals surface area contributed by atoms with Crippen molar-refractivity contribution in [1.29, 1.82) is 0 Å². The number of hydrogen-bond donors (Lipinski definition) is 1. The molecule has 0 amide bonds. The van der Waals surface area contributed by atoms with Crippen molar-refractivity contribution in [3.63, 3.8) is 0 Å². The number of thiazole rings is 1. The quantitative estimate of drug-likeness (QED) is 0.380. The number of hydrogen-bond acceptors (Lipinski definition) is 4. The monoisotopic (exact) mass is 419 g/mol. The Labute approximate surface area is 158 Å². The number of nitrogens with zero attached hydrogens (tertiary/aromatic N) is 2. The normalized spacial score (nSPS) is 11.5. The van der Waals surface area contributed by atoms with E-state index in [-0.39, 0.29) is 0 Å². The van der Waals surface area contributed by atoms with Gasteiger partial charge in [-0.1, -0.05) is 58.7 Å². The molecule has 3 aromatic rings. The van der Waals surface area contributed by atoms with Crippen molar-refractivity contribution in [1.82, 2.24) is 4.98 Å². The smallest absolute Gasteiger partial charge is 0.203 e. The summed E-state index contributed by atoms with van der Waals surface area (Å²) < 4.78 is 1.06. The van der Waals surface area contributed by atoms with Gasteiger partial charge in [0.1, 0.15) is 0 Å². The molecule has 0 saturated heterocycles. The predicted octanol–water partition coefficient (Wildman–Crippen LogP) is 6.45. The molecular weight excluding hydrogens is 406 g/mol. The molecule has 2 aromatic carbocycles. The van der Waals surface area contributed by atoms with Gasteiger partial charge in [0, 0.05) is 20.4 Å². The standard InChI is InChI=1S/C18H15BrClN3S/c1-2-16(12-5-9-15(20)10-6-12)22-23-18-21-17(11-24-18)13-3-7-14(19)8-4-13/h3-11H,2H2,1H3,(H,21,23)/b22-16+. The molecular formula is C18H15BrClN3S.